The standard InChI is InChI=1S/C16H25ClN4O/c1-11(2)19-16(18-10-15(22)21(4)5)20-12(3)13-8-6-7-9-14(13)17/h6-9,11-12H,10H2,1-5H3,(H2,18,19,20). The number of hydrogen-bond acceptors (Lipinski definition) is 2. The van der Waals surface area contributed by atoms with Gasteiger partial charge in [0.15, 0.2) is 5.96 Å². The maximum absolute atomic E-state index is 11.7. The molecule has 1 rings (SSSR count). The Morgan fingerprint density at radius 2 is 1.86 bits per heavy atom. The van der Waals surface area contributed by atoms with E-state index in [0.717, 1.165) is 5.56 Å². The highest BCUT2D eigenvalue weighted by Crippen LogP contribution is 2.21. The molecule has 6 heteroatoms. The molecule has 1 amide bonds. The number of nitrogens with zero attached hydrogens (tertiary/aromatic N) is 2. The third-order valence-electron chi connectivity index (χ3n) is 3.02. The van der Waals surface area contributed by atoms with Crippen LogP contribution in [-0.2, 0) is 4.79 Å². The lowest BCUT2D eigenvalue weighted by Crippen LogP contribution is -2.43. The summed E-state index contributed by atoms with van der Waals surface area (Å²) < 4.78 is 0. The molecule has 0 saturated carbocycles. The van der Waals surface area contributed by atoms with Gasteiger partial charge in [-0.3, -0.25) is 4.79 Å². The summed E-state index contributed by atoms with van der Waals surface area (Å²) in [7, 11) is 3.43. The van der Waals surface area contributed by atoms with Crippen LogP contribution >= 0.6 is 11.6 Å². The summed E-state index contributed by atoms with van der Waals surface area (Å²) in [6.45, 7) is 6.15. The van der Waals surface area contributed by atoms with Crippen LogP contribution in [0.15, 0.2) is 29.3 Å². The first-order valence-electron chi connectivity index (χ1n) is 7.33. The number of carbonyl (C=O) groups excluding carboxylic acids is 1. The van der Waals surface area contributed by atoms with Gasteiger partial charge in [0, 0.05) is 25.2 Å². The maximum Gasteiger partial charge on any atom is 0.243 e. The van der Waals surface area contributed by atoms with Crippen molar-refractivity contribution in [1.29, 1.82) is 0 Å². The smallest absolute Gasteiger partial charge is 0.243 e. The summed E-state index contributed by atoms with van der Waals surface area (Å²) in [4.78, 5) is 17.5. The number of hydrogen-bond donors (Lipinski definition) is 2. The lowest BCUT2D eigenvalue weighted by Gasteiger charge is -2.21. The first-order chi connectivity index (χ1) is 10.3. The van der Waals surface area contributed by atoms with E-state index >= 15 is 0 Å². The SMILES string of the molecule is CC(C)NC(=NCC(=O)N(C)C)NC(C)c1ccccc1Cl. The Balaban J connectivity index is 2.82. The molecule has 22 heavy (non-hydrogen) atoms. The maximum atomic E-state index is 11.7. The molecule has 0 aliphatic rings. The zero-order valence-electron chi connectivity index (χ0n) is 13.9. The Morgan fingerprint density at radius 1 is 1.23 bits per heavy atom. The number of rotatable bonds is 5. The highest BCUT2D eigenvalue weighted by Gasteiger charge is 2.12. The van der Waals surface area contributed by atoms with Crippen molar-refractivity contribution in [2.75, 3.05) is 20.6 Å². The molecule has 0 saturated heterocycles. The number of benzene rings is 1. The van der Waals surface area contributed by atoms with E-state index in [0.29, 0.717) is 11.0 Å². The van der Waals surface area contributed by atoms with Crippen LogP contribution in [0.2, 0.25) is 5.02 Å². The molecule has 0 aromatic heterocycles. The highest BCUT2D eigenvalue weighted by atomic mass is 35.5. The second-order valence-electron chi connectivity index (χ2n) is 5.64. The minimum absolute atomic E-state index is 0.0202. The van der Waals surface area contributed by atoms with E-state index in [1.54, 1.807) is 14.1 Å². The van der Waals surface area contributed by atoms with Gasteiger partial charge < -0.3 is 15.5 Å². The van der Waals surface area contributed by atoms with Crippen molar-refractivity contribution in [3.63, 3.8) is 0 Å². The van der Waals surface area contributed by atoms with Crippen molar-refractivity contribution in [3.8, 4) is 0 Å². The van der Waals surface area contributed by atoms with Crippen LogP contribution in [-0.4, -0.2) is 43.4 Å². The van der Waals surface area contributed by atoms with Crippen molar-refractivity contribution < 1.29 is 4.79 Å². The lowest BCUT2D eigenvalue weighted by atomic mass is 10.1. The second kappa shape index (κ2) is 8.63. The minimum Gasteiger partial charge on any atom is -0.354 e. The molecule has 0 heterocycles. The van der Waals surface area contributed by atoms with Gasteiger partial charge in [0.1, 0.15) is 6.54 Å². The predicted molar refractivity (Wildman–Crippen MR) is 92.3 cm³/mol. The van der Waals surface area contributed by atoms with Gasteiger partial charge in [-0.05, 0) is 32.4 Å². The summed E-state index contributed by atoms with van der Waals surface area (Å²) in [5.74, 6) is 0.549. The van der Waals surface area contributed by atoms with Crippen molar-refractivity contribution >= 4 is 23.5 Å². The fourth-order valence-corrected chi connectivity index (χ4v) is 2.10. The Labute approximate surface area is 137 Å². The van der Waals surface area contributed by atoms with E-state index in [-0.39, 0.29) is 24.5 Å². The normalized spacial score (nSPS) is 13.0. The van der Waals surface area contributed by atoms with Crippen LogP contribution < -0.4 is 10.6 Å². The van der Waals surface area contributed by atoms with Gasteiger partial charge >= 0.3 is 0 Å². The summed E-state index contributed by atoms with van der Waals surface area (Å²) in [6, 6.07) is 7.86. The Hall–Kier alpha value is -1.75. The van der Waals surface area contributed by atoms with Crippen LogP contribution in [0, 0.1) is 0 Å². The Bertz CT molecular complexity index is 529. The Kier molecular flexibility index (Phi) is 7.18. The topological polar surface area (TPSA) is 56.7 Å². The van der Waals surface area contributed by atoms with Crippen molar-refractivity contribution in [3.05, 3.63) is 34.9 Å². The average Bonchev–Trinajstić information content (AvgIpc) is 2.43. The molecule has 0 aliphatic carbocycles. The third kappa shape index (κ3) is 5.93. The molecule has 1 unspecified atom stereocenters. The van der Waals surface area contributed by atoms with Crippen LogP contribution in [0.5, 0.6) is 0 Å². The molecular weight excluding hydrogens is 300 g/mol. The fraction of sp³-hybridized carbons (Fsp3) is 0.500. The molecule has 1 aromatic carbocycles. The highest BCUT2D eigenvalue weighted by molar-refractivity contribution is 6.31. The molecule has 1 aromatic rings. The van der Waals surface area contributed by atoms with Gasteiger partial charge in [0.25, 0.3) is 0 Å². The number of guanidine groups is 1. The van der Waals surface area contributed by atoms with E-state index in [4.69, 9.17) is 11.6 Å². The number of halogens is 1. The number of likely N-dealkylation sites (N-methyl/N-ethyl adjacent to an activating group) is 1. The van der Waals surface area contributed by atoms with Crippen LogP contribution in [0.1, 0.15) is 32.4 Å². The summed E-state index contributed by atoms with van der Waals surface area (Å²) in [5, 5.41) is 7.21. The summed E-state index contributed by atoms with van der Waals surface area (Å²) in [5.41, 5.74) is 0.987. The summed E-state index contributed by atoms with van der Waals surface area (Å²) >= 11 is 6.22. The van der Waals surface area contributed by atoms with Gasteiger partial charge in [-0.2, -0.15) is 0 Å². The molecular formula is C16H25ClN4O. The van der Waals surface area contributed by atoms with Gasteiger partial charge in [-0.25, -0.2) is 4.99 Å². The number of nitrogens with one attached hydrogen (secondary N) is 2. The number of aliphatic imine (C=N–C) groups is 1. The first kappa shape index (κ1) is 18.3. The molecule has 0 radical (unpaired) electrons. The first-order valence-corrected chi connectivity index (χ1v) is 7.71. The lowest BCUT2D eigenvalue weighted by molar-refractivity contribution is -0.127. The molecule has 0 fully saturated rings. The van der Waals surface area contributed by atoms with E-state index in [2.05, 4.69) is 15.6 Å². The van der Waals surface area contributed by atoms with E-state index in [9.17, 15) is 4.79 Å². The quantitative estimate of drug-likeness (QED) is 0.646. The molecule has 122 valence electrons. The zero-order chi connectivity index (χ0) is 16.7. The zero-order valence-corrected chi connectivity index (χ0v) is 14.6. The molecule has 0 bridgehead atoms. The fourth-order valence-electron chi connectivity index (χ4n) is 1.80. The largest absolute Gasteiger partial charge is 0.354 e. The van der Waals surface area contributed by atoms with Crippen molar-refractivity contribution in [2.24, 2.45) is 4.99 Å². The molecule has 0 aliphatic heterocycles. The van der Waals surface area contributed by atoms with E-state index < -0.39 is 0 Å². The van der Waals surface area contributed by atoms with Crippen molar-refractivity contribution in [2.45, 2.75) is 32.9 Å². The average molecular weight is 325 g/mol. The van der Waals surface area contributed by atoms with Gasteiger partial charge in [0.05, 0.1) is 6.04 Å². The number of carbonyl (C=O) groups is 1. The number of amides is 1. The minimum atomic E-state index is -0.0461. The third-order valence-corrected chi connectivity index (χ3v) is 3.37. The van der Waals surface area contributed by atoms with Crippen LogP contribution in [0.3, 0.4) is 0 Å². The second-order valence-corrected chi connectivity index (χ2v) is 6.05. The molecule has 1 atom stereocenters. The molecule has 0 spiro atoms. The van der Waals surface area contributed by atoms with Crippen LogP contribution in [0.25, 0.3) is 0 Å². The van der Waals surface area contributed by atoms with Gasteiger partial charge in [-0.15, -0.1) is 0 Å². The van der Waals surface area contributed by atoms with Crippen LogP contribution in [0.4, 0.5) is 0 Å². The molecule has 5 nitrogen and oxygen atoms in total. The van der Waals surface area contributed by atoms with E-state index in [1.165, 1.54) is 4.90 Å². The van der Waals surface area contributed by atoms with Crippen molar-refractivity contribution in [1.82, 2.24) is 15.5 Å². The van der Waals surface area contributed by atoms with Gasteiger partial charge in [-0.1, -0.05) is 29.8 Å². The summed E-state index contributed by atoms with van der Waals surface area (Å²) in [6.07, 6.45) is 0. The van der Waals surface area contributed by atoms with Gasteiger partial charge in [0.2, 0.25) is 5.91 Å². The van der Waals surface area contributed by atoms with E-state index in [1.807, 2.05) is 45.0 Å². The monoisotopic (exact) mass is 324 g/mol. The Morgan fingerprint density at radius 3 is 2.41 bits per heavy atom. The predicted octanol–water partition coefficient (Wildman–Crippen LogP) is 2.43. The molecule has 2 N–H and O–H groups in total.